The number of hydrogen-bond acceptors (Lipinski definition) is 1. The van der Waals surface area contributed by atoms with Gasteiger partial charge in [-0.25, -0.2) is 0 Å². The van der Waals surface area contributed by atoms with E-state index in [9.17, 15) is 13.2 Å². The average Bonchev–Trinajstić information content (AvgIpc) is 0.722. The molecule has 0 aromatic heterocycles. The molecular formula is CHArF3O. The first-order valence-corrected chi connectivity index (χ1v) is 0.791. The van der Waals surface area contributed by atoms with E-state index in [-0.39, 0.29) is 37.7 Å². The monoisotopic (exact) mass is 126 g/mol. The molecule has 0 fully saturated rings. The molecule has 0 rings (SSSR count). The number of rotatable bonds is 0. The van der Waals surface area contributed by atoms with Gasteiger partial charge in [0.2, 0.25) is 0 Å². The maximum absolute atomic E-state index is 9.91. The first kappa shape index (κ1) is 10.1. The van der Waals surface area contributed by atoms with Crippen molar-refractivity contribution in [3.63, 3.8) is 0 Å². The fourth-order valence-corrected chi connectivity index (χ4v) is 0. The summed E-state index contributed by atoms with van der Waals surface area (Å²) in [6.07, 6.45) is -5.00. The van der Waals surface area contributed by atoms with E-state index >= 15 is 0 Å². The van der Waals surface area contributed by atoms with Crippen molar-refractivity contribution < 1.29 is 56.0 Å². The van der Waals surface area contributed by atoms with Crippen LogP contribution in [0.15, 0.2) is 0 Å². The van der Waals surface area contributed by atoms with Crippen molar-refractivity contribution in [2.24, 2.45) is 0 Å². The molecule has 0 saturated carbocycles. The summed E-state index contributed by atoms with van der Waals surface area (Å²) in [5, 5.41) is 6.52. The molecule has 40 valence electrons. The molecule has 0 bridgehead atoms. The zero-order chi connectivity index (χ0) is 4.50. The molecule has 0 aromatic rings. The smallest absolute Gasteiger partial charge is 0.308 e. The van der Waals surface area contributed by atoms with E-state index in [0.717, 1.165) is 0 Å². The molecule has 0 aliphatic rings. The Balaban J connectivity index is 0. The van der Waals surface area contributed by atoms with Gasteiger partial charge in [-0.3, -0.25) is 0 Å². The molecule has 0 spiro atoms. The van der Waals surface area contributed by atoms with E-state index in [0.29, 0.717) is 0 Å². The molecule has 6 heavy (non-hydrogen) atoms. The Morgan fingerprint density at radius 1 is 1.17 bits per heavy atom. The summed E-state index contributed by atoms with van der Waals surface area (Å²) in [4.78, 5) is 0. The predicted molar refractivity (Wildman–Crippen MR) is 8.27 cm³/mol. The summed E-state index contributed by atoms with van der Waals surface area (Å²) in [7, 11) is 0. The molecule has 0 heterocycles. The third kappa shape index (κ3) is 79.0. The summed E-state index contributed by atoms with van der Waals surface area (Å²) in [5.41, 5.74) is 0. The van der Waals surface area contributed by atoms with Gasteiger partial charge in [0.05, 0.1) is 0 Å². The van der Waals surface area contributed by atoms with E-state index in [1.165, 1.54) is 0 Å². The Labute approximate surface area is 62.1 Å². The van der Waals surface area contributed by atoms with Crippen molar-refractivity contribution in [2.75, 3.05) is 0 Å². The van der Waals surface area contributed by atoms with Gasteiger partial charge in [-0.1, -0.05) is 0 Å². The third-order valence-electron chi connectivity index (χ3n) is 0. The molecule has 0 aliphatic heterocycles. The van der Waals surface area contributed by atoms with Crippen molar-refractivity contribution >= 4 is 0 Å². The normalized spacial score (nSPS) is 10.0. The Morgan fingerprint density at radius 2 is 1.17 bits per heavy atom. The van der Waals surface area contributed by atoms with Gasteiger partial charge >= 0.3 is 6.36 Å². The van der Waals surface area contributed by atoms with Gasteiger partial charge in [0.1, 0.15) is 0 Å². The SMILES string of the molecule is OC(F)(F)F.[Ar]. The summed E-state index contributed by atoms with van der Waals surface area (Å²) < 4.78 is 29.7. The fraction of sp³-hybridized carbons (Fsp3) is 1.00. The van der Waals surface area contributed by atoms with Crippen molar-refractivity contribution in [3.8, 4) is 0 Å². The molecule has 1 N–H and O–H groups in total. The van der Waals surface area contributed by atoms with Gasteiger partial charge in [-0.05, 0) is 0 Å². The molecule has 0 atom stereocenters. The molecular weight excluding hydrogens is 125 g/mol. The predicted octanol–water partition coefficient (Wildman–Crippen LogP) is 0.498. The minimum Gasteiger partial charge on any atom is -0.308 e. The first-order valence-electron chi connectivity index (χ1n) is 0.791. The van der Waals surface area contributed by atoms with Gasteiger partial charge < -0.3 is 5.11 Å². The topological polar surface area (TPSA) is 20.2 Å². The van der Waals surface area contributed by atoms with E-state index in [4.69, 9.17) is 5.11 Å². The summed E-state index contributed by atoms with van der Waals surface area (Å²) >= 11 is 0. The van der Waals surface area contributed by atoms with E-state index in [2.05, 4.69) is 0 Å². The van der Waals surface area contributed by atoms with Gasteiger partial charge in [0.15, 0.2) is 0 Å². The minimum atomic E-state index is -5.00. The molecule has 0 aliphatic carbocycles. The van der Waals surface area contributed by atoms with Crippen LogP contribution in [0.25, 0.3) is 0 Å². The fourth-order valence-electron chi connectivity index (χ4n) is 0. The van der Waals surface area contributed by atoms with Crippen LogP contribution < -0.4 is 0 Å². The van der Waals surface area contributed by atoms with E-state index in [1.807, 2.05) is 0 Å². The van der Waals surface area contributed by atoms with E-state index in [1.54, 1.807) is 0 Å². The average molecular weight is 126 g/mol. The standard InChI is InChI=1S/CHF3O.Ar/c2-1(3,4)5;/h5H;. The number of alkyl halides is 3. The van der Waals surface area contributed by atoms with Crippen LogP contribution in [0.2, 0.25) is 0 Å². The maximum atomic E-state index is 9.91. The van der Waals surface area contributed by atoms with Crippen molar-refractivity contribution in [2.45, 2.75) is 6.36 Å². The van der Waals surface area contributed by atoms with Crippen LogP contribution >= 0.6 is 0 Å². The third-order valence-corrected chi connectivity index (χ3v) is 0. The van der Waals surface area contributed by atoms with Gasteiger partial charge in [0.25, 0.3) is 0 Å². The zero-order valence-electron chi connectivity index (χ0n) is 2.43. The summed E-state index contributed by atoms with van der Waals surface area (Å²) in [6.45, 7) is 0. The zero-order valence-corrected chi connectivity index (χ0v) is 3.14. The second kappa shape index (κ2) is 3.07. The first-order chi connectivity index (χ1) is 2.00. The van der Waals surface area contributed by atoms with Crippen LogP contribution in [0.5, 0.6) is 0 Å². The van der Waals surface area contributed by atoms with Crippen LogP contribution in [0.4, 0.5) is 13.2 Å². The quantitative estimate of drug-likeness (QED) is 0.501. The molecule has 5 heteroatoms. The second-order valence-corrected chi connectivity index (χ2v) is 0.468. The molecule has 0 amide bonds. The number of aliphatic hydroxyl groups is 1. The van der Waals surface area contributed by atoms with Gasteiger partial charge in [-0.15, -0.1) is 13.2 Å². The number of halogens is 3. The molecule has 0 radical (unpaired) electrons. The van der Waals surface area contributed by atoms with Gasteiger partial charge in [-0.2, -0.15) is 0 Å². The molecule has 0 unspecified atom stereocenters. The Morgan fingerprint density at radius 3 is 1.17 bits per heavy atom. The van der Waals surface area contributed by atoms with Crippen LogP contribution in [-0.4, -0.2) is 11.5 Å². The van der Waals surface area contributed by atoms with Crippen molar-refractivity contribution in [3.05, 3.63) is 0 Å². The van der Waals surface area contributed by atoms with Crippen molar-refractivity contribution in [1.82, 2.24) is 0 Å². The molecule has 0 saturated heterocycles. The molecule has 0 aromatic carbocycles. The summed E-state index contributed by atoms with van der Waals surface area (Å²) in [5.74, 6) is 0. The van der Waals surface area contributed by atoms with Crippen molar-refractivity contribution in [1.29, 1.82) is 0 Å². The second-order valence-electron chi connectivity index (χ2n) is 0.468. The van der Waals surface area contributed by atoms with Gasteiger partial charge in [0, 0.05) is 37.7 Å². The van der Waals surface area contributed by atoms with E-state index < -0.39 is 6.36 Å². The molecule has 1 nitrogen and oxygen atoms in total. The Bertz CT molecular complexity index is 26.3. The Kier molecular flexibility index (Phi) is 5.16. The Hall–Kier alpha value is 1.01. The van der Waals surface area contributed by atoms with Crippen LogP contribution in [0.1, 0.15) is 0 Å². The minimum absolute atomic E-state index is 0. The number of hydrogen-bond donors (Lipinski definition) is 1. The van der Waals surface area contributed by atoms with Crippen LogP contribution in [0, 0.1) is 37.7 Å². The van der Waals surface area contributed by atoms with Crippen LogP contribution in [0.3, 0.4) is 0 Å². The largest absolute Gasteiger partial charge is 0.519 e. The summed E-state index contributed by atoms with van der Waals surface area (Å²) in [6, 6.07) is 0. The van der Waals surface area contributed by atoms with Crippen LogP contribution in [-0.2, 0) is 0 Å². The maximum Gasteiger partial charge on any atom is 0.519 e.